The third-order valence-corrected chi connectivity index (χ3v) is 3.60. The van der Waals surface area contributed by atoms with E-state index < -0.39 is 19.1 Å². The molecule has 0 fully saturated rings. The smallest absolute Gasteiger partial charge is 0.303 e. The largest absolute Gasteiger partial charge is 0.469 e. The number of aromatic amines is 1. The number of allylic oxidation sites excluding steroid dienone is 1. The van der Waals surface area contributed by atoms with Gasteiger partial charge in [0, 0.05) is 17.8 Å². The topological polar surface area (TPSA) is 122 Å². The zero-order valence-electron chi connectivity index (χ0n) is 10.8. The van der Waals surface area contributed by atoms with Crippen LogP contribution in [-0.2, 0) is 9.09 Å². The molecule has 0 spiro atoms. The molecule has 9 heteroatoms. The van der Waals surface area contributed by atoms with Gasteiger partial charge in [-0.25, -0.2) is 9.36 Å². The van der Waals surface area contributed by atoms with Gasteiger partial charge in [-0.15, -0.1) is 0 Å². The molecule has 1 aliphatic carbocycles. The fraction of sp³-hybridized carbons (Fsp3) is 0.455. The normalized spacial score (nSPS) is 19.1. The summed E-state index contributed by atoms with van der Waals surface area (Å²) in [6.45, 7) is 1.44. The van der Waals surface area contributed by atoms with Crippen molar-refractivity contribution in [1.82, 2.24) is 9.55 Å². The first-order valence-electron chi connectivity index (χ1n) is 5.96. The van der Waals surface area contributed by atoms with Gasteiger partial charge in [0.25, 0.3) is 5.56 Å². The highest BCUT2D eigenvalue weighted by molar-refractivity contribution is 7.46. The van der Waals surface area contributed by atoms with Crippen molar-refractivity contribution in [2.45, 2.75) is 25.8 Å². The Kier molecular flexibility index (Phi) is 4.10. The second-order valence-electron chi connectivity index (χ2n) is 4.70. The lowest BCUT2D eigenvalue weighted by Gasteiger charge is -2.14. The van der Waals surface area contributed by atoms with Crippen molar-refractivity contribution in [3.05, 3.63) is 44.2 Å². The van der Waals surface area contributed by atoms with Gasteiger partial charge in [0.15, 0.2) is 0 Å². The van der Waals surface area contributed by atoms with Gasteiger partial charge >= 0.3 is 13.5 Å². The third-order valence-electron chi connectivity index (χ3n) is 3.13. The highest BCUT2D eigenvalue weighted by Crippen LogP contribution is 2.38. The number of phosphoric acid groups is 1. The monoisotopic (exact) mass is 302 g/mol. The predicted molar refractivity (Wildman–Crippen MR) is 70.4 cm³/mol. The molecule has 0 aliphatic heterocycles. The number of aryl methyl sites for hydroxylation is 1. The molecular formula is C11H15N2O6P. The van der Waals surface area contributed by atoms with Crippen LogP contribution in [0, 0.1) is 6.92 Å². The molecule has 1 aromatic rings. The Hall–Kier alpha value is -1.47. The molecule has 3 N–H and O–H groups in total. The maximum atomic E-state index is 11.7. The van der Waals surface area contributed by atoms with Crippen LogP contribution >= 0.6 is 7.82 Å². The Morgan fingerprint density at radius 1 is 1.50 bits per heavy atom. The minimum Gasteiger partial charge on any atom is -0.303 e. The van der Waals surface area contributed by atoms with E-state index in [1.165, 1.54) is 10.8 Å². The SMILES string of the molecule is Cc1cn([C@H]2CC=C(COP(=O)(O)O)C2)c(=O)[nH]c1=O. The van der Waals surface area contributed by atoms with E-state index in [-0.39, 0.29) is 12.6 Å². The maximum absolute atomic E-state index is 11.7. The van der Waals surface area contributed by atoms with E-state index in [0.29, 0.717) is 24.0 Å². The molecule has 8 nitrogen and oxygen atoms in total. The van der Waals surface area contributed by atoms with Crippen LogP contribution in [-0.4, -0.2) is 25.9 Å². The zero-order valence-corrected chi connectivity index (χ0v) is 11.7. The van der Waals surface area contributed by atoms with Gasteiger partial charge < -0.3 is 9.79 Å². The number of phosphoric ester groups is 1. The summed E-state index contributed by atoms with van der Waals surface area (Å²) in [5.74, 6) is 0. The number of aromatic nitrogens is 2. The highest BCUT2D eigenvalue weighted by atomic mass is 31.2. The molecule has 0 amide bonds. The molecule has 0 bridgehead atoms. The van der Waals surface area contributed by atoms with Crippen molar-refractivity contribution in [1.29, 1.82) is 0 Å². The molecule has 0 saturated heterocycles. The summed E-state index contributed by atoms with van der Waals surface area (Å²) in [4.78, 5) is 42.5. The summed E-state index contributed by atoms with van der Waals surface area (Å²) in [6, 6.07) is -0.173. The van der Waals surface area contributed by atoms with Gasteiger partial charge in [-0.2, -0.15) is 0 Å². The van der Waals surface area contributed by atoms with Crippen molar-refractivity contribution in [3.8, 4) is 0 Å². The molecule has 0 aromatic carbocycles. The van der Waals surface area contributed by atoms with Crippen LogP contribution in [0.25, 0.3) is 0 Å². The maximum Gasteiger partial charge on any atom is 0.469 e. The highest BCUT2D eigenvalue weighted by Gasteiger charge is 2.22. The first-order valence-corrected chi connectivity index (χ1v) is 7.49. The summed E-state index contributed by atoms with van der Waals surface area (Å²) in [7, 11) is -4.49. The van der Waals surface area contributed by atoms with Crippen molar-refractivity contribution < 1.29 is 18.9 Å². The summed E-state index contributed by atoms with van der Waals surface area (Å²) >= 11 is 0. The molecule has 2 rings (SSSR count). The van der Waals surface area contributed by atoms with Crippen molar-refractivity contribution in [2.24, 2.45) is 0 Å². The van der Waals surface area contributed by atoms with Gasteiger partial charge in [0.05, 0.1) is 6.61 Å². The lowest BCUT2D eigenvalue weighted by Crippen LogP contribution is -2.32. The van der Waals surface area contributed by atoms with Crippen LogP contribution in [0.15, 0.2) is 27.4 Å². The Balaban J connectivity index is 2.09. The molecule has 0 saturated carbocycles. The van der Waals surface area contributed by atoms with Crippen LogP contribution < -0.4 is 11.2 Å². The van der Waals surface area contributed by atoms with Crippen LogP contribution in [0.4, 0.5) is 0 Å². The van der Waals surface area contributed by atoms with Crippen LogP contribution in [0.3, 0.4) is 0 Å². The zero-order chi connectivity index (χ0) is 14.9. The first kappa shape index (κ1) is 14.9. The molecular weight excluding hydrogens is 287 g/mol. The molecule has 0 radical (unpaired) electrons. The number of hydrogen-bond acceptors (Lipinski definition) is 4. The van der Waals surface area contributed by atoms with Crippen molar-refractivity contribution in [2.75, 3.05) is 6.61 Å². The van der Waals surface area contributed by atoms with E-state index >= 15 is 0 Å². The number of H-pyrrole nitrogens is 1. The van der Waals surface area contributed by atoms with E-state index in [1.807, 2.05) is 0 Å². The van der Waals surface area contributed by atoms with Crippen LogP contribution in [0.2, 0.25) is 0 Å². The Bertz CT molecular complexity index is 698. The summed E-state index contributed by atoms with van der Waals surface area (Å²) < 4.78 is 16.5. The fourth-order valence-corrected chi connectivity index (χ4v) is 2.46. The van der Waals surface area contributed by atoms with E-state index in [9.17, 15) is 14.2 Å². The van der Waals surface area contributed by atoms with Crippen molar-refractivity contribution >= 4 is 7.82 Å². The number of nitrogens with one attached hydrogen (secondary N) is 1. The predicted octanol–water partition coefficient (Wildman–Crippen LogP) is 0.216. The van der Waals surface area contributed by atoms with Gasteiger partial charge in [-0.05, 0) is 25.3 Å². The first-order chi connectivity index (χ1) is 9.26. The van der Waals surface area contributed by atoms with Gasteiger partial charge in [0.1, 0.15) is 0 Å². The van der Waals surface area contributed by atoms with Crippen LogP contribution in [0.5, 0.6) is 0 Å². The summed E-state index contributed by atoms with van der Waals surface area (Å²) in [5.41, 5.74) is 0.247. The molecule has 0 unspecified atom stereocenters. The molecule has 1 aromatic heterocycles. The van der Waals surface area contributed by atoms with E-state index in [0.717, 1.165) is 0 Å². The molecule has 1 atom stereocenters. The minimum atomic E-state index is -4.49. The minimum absolute atomic E-state index is 0.169. The summed E-state index contributed by atoms with van der Waals surface area (Å²) in [6.07, 6.45) is 4.27. The van der Waals surface area contributed by atoms with Gasteiger partial charge in [-0.1, -0.05) is 6.08 Å². The van der Waals surface area contributed by atoms with E-state index in [2.05, 4.69) is 9.51 Å². The number of hydrogen-bond donors (Lipinski definition) is 3. The Labute approximate surface area is 114 Å². The number of nitrogens with zero attached hydrogens (tertiary/aromatic N) is 1. The quantitative estimate of drug-likeness (QED) is 0.540. The molecule has 20 heavy (non-hydrogen) atoms. The van der Waals surface area contributed by atoms with Crippen molar-refractivity contribution in [3.63, 3.8) is 0 Å². The average molecular weight is 302 g/mol. The van der Waals surface area contributed by atoms with E-state index in [4.69, 9.17) is 9.79 Å². The number of rotatable bonds is 4. The van der Waals surface area contributed by atoms with E-state index in [1.54, 1.807) is 13.0 Å². The Morgan fingerprint density at radius 2 is 2.20 bits per heavy atom. The Morgan fingerprint density at radius 3 is 2.85 bits per heavy atom. The molecule has 1 aliphatic rings. The third kappa shape index (κ3) is 3.55. The second kappa shape index (κ2) is 5.49. The molecule has 1 heterocycles. The van der Waals surface area contributed by atoms with Crippen LogP contribution in [0.1, 0.15) is 24.4 Å². The van der Waals surface area contributed by atoms with Gasteiger partial charge in [0.2, 0.25) is 0 Å². The van der Waals surface area contributed by atoms with Gasteiger partial charge in [-0.3, -0.25) is 18.9 Å². The standard InChI is InChI=1S/C11H15N2O6P/c1-7-5-13(11(15)12-10(7)14)9-3-2-8(4-9)6-19-20(16,17)18/h2,5,9H,3-4,6H2,1H3,(H,12,14,15)(H2,16,17,18)/t9-/m0/s1. The fourth-order valence-electron chi connectivity index (χ4n) is 2.13. The second-order valence-corrected chi connectivity index (χ2v) is 5.94. The average Bonchev–Trinajstić information content (AvgIpc) is 2.79. The molecule has 110 valence electrons. The lowest BCUT2D eigenvalue weighted by molar-refractivity contribution is 0.210. The lowest BCUT2D eigenvalue weighted by atomic mass is 10.2. The summed E-state index contributed by atoms with van der Waals surface area (Å²) in [5, 5.41) is 0.